The Labute approximate surface area is 103 Å². The van der Waals surface area contributed by atoms with Gasteiger partial charge in [0.25, 0.3) is 5.91 Å². The van der Waals surface area contributed by atoms with Gasteiger partial charge in [-0.15, -0.1) is 0 Å². The fourth-order valence-corrected chi connectivity index (χ4v) is 2.28. The number of carbonyl (C=O) groups is 1. The van der Waals surface area contributed by atoms with E-state index in [2.05, 4.69) is 9.69 Å². The molecule has 1 aliphatic carbocycles. The summed E-state index contributed by atoms with van der Waals surface area (Å²) in [5.74, 6) is -0.313. The van der Waals surface area contributed by atoms with Crippen LogP contribution in [0.2, 0.25) is 0 Å². The summed E-state index contributed by atoms with van der Waals surface area (Å²) in [7, 11) is 0. The van der Waals surface area contributed by atoms with Gasteiger partial charge in [-0.05, 0) is 30.8 Å². The number of halogens is 1. The SMILES string of the molecule is Cc1nsc(NC(=O)C(F)CC2CC2)c1C#N. The number of alkyl halides is 1. The molecule has 1 fully saturated rings. The first-order valence-electron chi connectivity index (χ1n) is 5.43. The van der Waals surface area contributed by atoms with Gasteiger partial charge in [-0.2, -0.15) is 9.64 Å². The highest BCUT2D eigenvalue weighted by Crippen LogP contribution is 2.34. The summed E-state index contributed by atoms with van der Waals surface area (Å²) in [6.07, 6.45) is 0.815. The number of hydrogen-bond donors (Lipinski definition) is 1. The van der Waals surface area contributed by atoms with Crippen molar-refractivity contribution in [2.45, 2.75) is 32.4 Å². The van der Waals surface area contributed by atoms with Gasteiger partial charge in [0, 0.05) is 0 Å². The number of nitriles is 1. The number of anilines is 1. The van der Waals surface area contributed by atoms with E-state index in [1.807, 2.05) is 6.07 Å². The van der Waals surface area contributed by atoms with Crippen LogP contribution in [0.4, 0.5) is 9.39 Å². The molecular weight excluding hydrogens is 241 g/mol. The van der Waals surface area contributed by atoms with Gasteiger partial charge in [-0.25, -0.2) is 4.39 Å². The molecule has 1 unspecified atom stereocenters. The molecule has 1 N–H and O–H groups in total. The molecule has 1 saturated carbocycles. The van der Waals surface area contributed by atoms with Crippen LogP contribution in [0.5, 0.6) is 0 Å². The predicted molar refractivity (Wildman–Crippen MR) is 62.4 cm³/mol. The molecule has 2 rings (SSSR count). The molecule has 1 atom stereocenters. The van der Waals surface area contributed by atoms with Crippen molar-refractivity contribution in [2.75, 3.05) is 5.32 Å². The second-order valence-corrected chi connectivity index (χ2v) is 4.99. The van der Waals surface area contributed by atoms with E-state index in [0.717, 1.165) is 24.4 Å². The normalized spacial score (nSPS) is 16.3. The Morgan fingerprint density at radius 1 is 1.76 bits per heavy atom. The summed E-state index contributed by atoms with van der Waals surface area (Å²) < 4.78 is 17.5. The standard InChI is InChI=1S/C11H12FN3OS/c1-6-8(5-13)11(17-15-6)14-10(16)9(12)4-7-2-3-7/h7,9H,2-4H2,1H3,(H,14,16). The lowest BCUT2D eigenvalue weighted by atomic mass is 10.2. The first-order valence-corrected chi connectivity index (χ1v) is 6.20. The first-order chi connectivity index (χ1) is 8.11. The lowest BCUT2D eigenvalue weighted by Gasteiger charge is -2.07. The van der Waals surface area contributed by atoms with Crippen LogP contribution in [0.25, 0.3) is 0 Å². The summed E-state index contributed by atoms with van der Waals surface area (Å²) in [6, 6.07) is 1.95. The van der Waals surface area contributed by atoms with Crippen molar-refractivity contribution in [3.63, 3.8) is 0 Å². The van der Waals surface area contributed by atoms with E-state index in [9.17, 15) is 9.18 Å². The van der Waals surface area contributed by atoms with Crippen LogP contribution in [0, 0.1) is 24.2 Å². The molecule has 0 radical (unpaired) electrons. The number of nitrogens with one attached hydrogen (secondary N) is 1. The number of aryl methyl sites for hydroxylation is 1. The fourth-order valence-electron chi connectivity index (χ4n) is 1.53. The third kappa shape index (κ3) is 2.80. The number of amides is 1. The maximum Gasteiger partial charge on any atom is 0.259 e. The maximum atomic E-state index is 13.5. The minimum absolute atomic E-state index is 0.283. The Kier molecular flexibility index (Phi) is 3.38. The lowest BCUT2D eigenvalue weighted by Crippen LogP contribution is -2.24. The van der Waals surface area contributed by atoms with Crippen molar-refractivity contribution < 1.29 is 9.18 Å². The first kappa shape index (κ1) is 12.0. The second-order valence-electron chi connectivity index (χ2n) is 4.22. The van der Waals surface area contributed by atoms with Crippen molar-refractivity contribution >= 4 is 22.4 Å². The zero-order chi connectivity index (χ0) is 12.4. The van der Waals surface area contributed by atoms with Gasteiger partial charge in [0.05, 0.1) is 5.69 Å². The van der Waals surface area contributed by atoms with Crippen LogP contribution in [0.3, 0.4) is 0 Å². The molecule has 0 aromatic carbocycles. The summed E-state index contributed by atoms with van der Waals surface area (Å²) in [5, 5.41) is 11.6. The number of hydrogen-bond acceptors (Lipinski definition) is 4. The molecule has 0 aliphatic heterocycles. The highest BCUT2D eigenvalue weighted by molar-refractivity contribution is 7.10. The van der Waals surface area contributed by atoms with E-state index in [-0.39, 0.29) is 6.42 Å². The van der Waals surface area contributed by atoms with Crippen LogP contribution < -0.4 is 5.32 Å². The maximum absolute atomic E-state index is 13.5. The number of carbonyl (C=O) groups excluding carboxylic acids is 1. The minimum Gasteiger partial charge on any atom is -0.313 e. The zero-order valence-corrected chi connectivity index (χ0v) is 10.2. The molecule has 1 aliphatic rings. The molecule has 90 valence electrons. The number of rotatable bonds is 4. The molecule has 0 spiro atoms. The highest BCUT2D eigenvalue weighted by Gasteiger charge is 2.29. The molecule has 6 heteroatoms. The van der Waals surface area contributed by atoms with E-state index >= 15 is 0 Å². The molecular formula is C11H12FN3OS. The highest BCUT2D eigenvalue weighted by atomic mass is 32.1. The Hall–Kier alpha value is -1.48. The van der Waals surface area contributed by atoms with Crippen LogP contribution in [-0.4, -0.2) is 16.5 Å². The molecule has 1 heterocycles. The topological polar surface area (TPSA) is 65.8 Å². The van der Waals surface area contributed by atoms with Gasteiger partial charge in [0.1, 0.15) is 16.6 Å². The van der Waals surface area contributed by atoms with Crippen molar-refractivity contribution in [1.82, 2.24) is 4.37 Å². The molecule has 0 bridgehead atoms. The Balaban J connectivity index is 1.99. The lowest BCUT2D eigenvalue weighted by molar-refractivity contribution is -0.121. The van der Waals surface area contributed by atoms with E-state index in [1.165, 1.54) is 0 Å². The average molecular weight is 253 g/mol. The third-order valence-electron chi connectivity index (χ3n) is 2.73. The summed E-state index contributed by atoms with van der Waals surface area (Å²) in [6.45, 7) is 1.68. The largest absolute Gasteiger partial charge is 0.313 e. The Morgan fingerprint density at radius 2 is 2.47 bits per heavy atom. The zero-order valence-electron chi connectivity index (χ0n) is 9.36. The van der Waals surface area contributed by atoms with Crippen LogP contribution in [-0.2, 0) is 4.79 Å². The van der Waals surface area contributed by atoms with Crippen molar-refractivity contribution in [2.24, 2.45) is 5.92 Å². The Bertz CT molecular complexity index is 476. The summed E-state index contributed by atoms with van der Waals surface area (Å²) in [4.78, 5) is 11.5. The summed E-state index contributed by atoms with van der Waals surface area (Å²) in [5.41, 5.74) is 0.882. The molecule has 1 amide bonds. The Morgan fingerprint density at radius 3 is 3.06 bits per heavy atom. The van der Waals surface area contributed by atoms with Gasteiger partial charge in [-0.3, -0.25) is 4.79 Å². The van der Waals surface area contributed by atoms with Crippen molar-refractivity contribution in [3.8, 4) is 6.07 Å². The quantitative estimate of drug-likeness (QED) is 0.896. The average Bonchev–Trinajstić information content (AvgIpc) is 3.03. The molecule has 0 saturated heterocycles. The third-order valence-corrected chi connectivity index (χ3v) is 3.59. The summed E-state index contributed by atoms with van der Waals surface area (Å²) >= 11 is 1.01. The van der Waals surface area contributed by atoms with Crippen LogP contribution >= 0.6 is 11.5 Å². The molecule has 1 aromatic rings. The van der Waals surface area contributed by atoms with Crippen LogP contribution in [0.1, 0.15) is 30.5 Å². The monoisotopic (exact) mass is 253 g/mol. The van der Waals surface area contributed by atoms with Gasteiger partial charge in [-0.1, -0.05) is 12.8 Å². The number of aromatic nitrogens is 1. The molecule has 4 nitrogen and oxygen atoms in total. The van der Waals surface area contributed by atoms with Crippen molar-refractivity contribution in [3.05, 3.63) is 11.3 Å². The van der Waals surface area contributed by atoms with Gasteiger partial charge < -0.3 is 5.32 Å². The smallest absolute Gasteiger partial charge is 0.259 e. The van der Waals surface area contributed by atoms with E-state index in [1.54, 1.807) is 6.92 Å². The van der Waals surface area contributed by atoms with Gasteiger partial charge in [0.2, 0.25) is 0 Å². The molecule has 1 aromatic heterocycles. The van der Waals surface area contributed by atoms with Gasteiger partial charge >= 0.3 is 0 Å². The van der Waals surface area contributed by atoms with Crippen LogP contribution in [0.15, 0.2) is 0 Å². The number of nitrogens with zero attached hydrogens (tertiary/aromatic N) is 2. The van der Waals surface area contributed by atoms with Crippen molar-refractivity contribution in [1.29, 1.82) is 5.26 Å². The van der Waals surface area contributed by atoms with E-state index in [0.29, 0.717) is 22.2 Å². The van der Waals surface area contributed by atoms with Gasteiger partial charge in [0.15, 0.2) is 6.17 Å². The van der Waals surface area contributed by atoms with E-state index in [4.69, 9.17) is 5.26 Å². The minimum atomic E-state index is -1.49. The predicted octanol–water partition coefficient (Wildman–Crippen LogP) is 2.40. The molecule has 17 heavy (non-hydrogen) atoms. The van der Waals surface area contributed by atoms with E-state index < -0.39 is 12.1 Å². The second kappa shape index (κ2) is 4.80. The fraction of sp³-hybridized carbons (Fsp3) is 0.545.